The maximum atomic E-state index is 5.94. The number of hydrogen-bond donors (Lipinski definition) is 1. The van der Waals surface area contributed by atoms with Crippen LogP contribution in [0.1, 0.15) is 66.2 Å². The molecule has 2 heteroatoms. The quantitative estimate of drug-likeness (QED) is 0.554. The lowest BCUT2D eigenvalue weighted by atomic mass is 10.00. The van der Waals surface area contributed by atoms with Crippen LogP contribution < -0.4 is 5.32 Å². The molecule has 0 aromatic rings. The van der Waals surface area contributed by atoms with Gasteiger partial charge in [-0.05, 0) is 26.3 Å². The first-order valence-corrected chi connectivity index (χ1v) is 7.44. The molecule has 0 heterocycles. The topological polar surface area (TPSA) is 21.3 Å². The molecule has 0 aliphatic heterocycles. The van der Waals surface area contributed by atoms with Crippen molar-refractivity contribution in [1.29, 1.82) is 0 Å². The molecule has 0 amide bonds. The van der Waals surface area contributed by atoms with Crippen LogP contribution >= 0.6 is 0 Å². The highest BCUT2D eigenvalue weighted by molar-refractivity contribution is 4.70. The summed E-state index contributed by atoms with van der Waals surface area (Å²) in [5, 5.41) is 3.36. The van der Waals surface area contributed by atoms with E-state index in [0.29, 0.717) is 18.1 Å². The summed E-state index contributed by atoms with van der Waals surface area (Å²) >= 11 is 0. The van der Waals surface area contributed by atoms with Crippen molar-refractivity contribution in [2.24, 2.45) is 5.92 Å². The molecule has 0 aromatic heterocycles. The summed E-state index contributed by atoms with van der Waals surface area (Å²) in [5.41, 5.74) is 0. The molecule has 0 aromatic carbocycles. The van der Waals surface area contributed by atoms with Gasteiger partial charge in [0, 0.05) is 6.04 Å². The van der Waals surface area contributed by atoms with Crippen molar-refractivity contribution in [3.63, 3.8) is 0 Å². The summed E-state index contributed by atoms with van der Waals surface area (Å²) < 4.78 is 5.94. The molecule has 0 saturated carbocycles. The van der Waals surface area contributed by atoms with Gasteiger partial charge >= 0.3 is 0 Å². The average Bonchev–Trinajstić information content (AvgIpc) is 2.35. The van der Waals surface area contributed by atoms with Crippen molar-refractivity contribution >= 4 is 0 Å². The summed E-state index contributed by atoms with van der Waals surface area (Å²) in [7, 11) is 2.03. The van der Waals surface area contributed by atoms with Crippen LogP contribution in [0.4, 0.5) is 0 Å². The Kier molecular flexibility index (Phi) is 11.0. The highest BCUT2D eigenvalue weighted by Crippen LogP contribution is 2.11. The van der Waals surface area contributed by atoms with Crippen LogP contribution in [0.15, 0.2) is 0 Å². The van der Waals surface area contributed by atoms with E-state index < -0.39 is 0 Å². The smallest absolute Gasteiger partial charge is 0.0625 e. The van der Waals surface area contributed by atoms with Gasteiger partial charge in [-0.1, -0.05) is 52.9 Å². The fourth-order valence-corrected chi connectivity index (χ4v) is 2.03. The Morgan fingerprint density at radius 1 is 1.06 bits per heavy atom. The normalized spacial score (nSPS) is 16.8. The predicted molar refractivity (Wildman–Crippen MR) is 76.5 cm³/mol. The Labute approximate surface area is 109 Å². The third-order valence-electron chi connectivity index (χ3n) is 3.73. The maximum Gasteiger partial charge on any atom is 0.0625 e. The second kappa shape index (κ2) is 11.0. The van der Waals surface area contributed by atoms with Crippen LogP contribution in [-0.2, 0) is 4.74 Å². The number of rotatable bonds is 11. The number of unbranched alkanes of at least 4 members (excludes halogenated alkanes) is 3. The molecule has 17 heavy (non-hydrogen) atoms. The number of likely N-dealkylation sites (N-methyl/N-ethyl adjacent to an activating group) is 1. The molecule has 0 fully saturated rings. The molecule has 0 aliphatic rings. The van der Waals surface area contributed by atoms with Crippen LogP contribution in [0.2, 0.25) is 0 Å². The van der Waals surface area contributed by atoms with Crippen molar-refractivity contribution in [2.75, 3.05) is 13.7 Å². The second-order valence-electron chi connectivity index (χ2n) is 5.27. The fraction of sp³-hybridized carbons (Fsp3) is 1.00. The average molecular weight is 243 g/mol. The predicted octanol–water partition coefficient (Wildman–Crippen LogP) is 4.00. The highest BCUT2D eigenvalue weighted by atomic mass is 16.5. The lowest BCUT2D eigenvalue weighted by Crippen LogP contribution is -2.37. The summed E-state index contributed by atoms with van der Waals surface area (Å²) in [4.78, 5) is 0. The molecule has 104 valence electrons. The third-order valence-corrected chi connectivity index (χ3v) is 3.73. The zero-order chi connectivity index (χ0) is 13.1. The lowest BCUT2D eigenvalue weighted by Gasteiger charge is -2.24. The molecule has 0 bridgehead atoms. The minimum atomic E-state index is 0.409. The summed E-state index contributed by atoms with van der Waals surface area (Å²) in [6.45, 7) is 9.83. The summed E-state index contributed by atoms with van der Waals surface area (Å²) in [5.74, 6) is 0.687. The Morgan fingerprint density at radius 2 is 1.76 bits per heavy atom. The zero-order valence-electron chi connectivity index (χ0n) is 12.6. The molecule has 0 spiro atoms. The van der Waals surface area contributed by atoms with Gasteiger partial charge < -0.3 is 10.1 Å². The first-order chi connectivity index (χ1) is 8.15. The Bertz CT molecular complexity index is 161. The van der Waals surface area contributed by atoms with Gasteiger partial charge in [0.15, 0.2) is 0 Å². The van der Waals surface area contributed by atoms with E-state index in [1.807, 2.05) is 7.05 Å². The van der Waals surface area contributed by atoms with Gasteiger partial charge in [0.2, 0.25) is 0 Å². The lowest BCUT2D eigenvalue weighted by molar-refractivity contribution is 0.0345. The Balaban J connectivity index is 3.62. The van der Waals surface area contributed by atoms with Gasteiger partial charge in [0.05, 0.1) is 12.7 Å². The Hall–Kier alpha value is -0.0800. The van der Waals surface area contributed by atoms with Crippen molar-refractivity contribution < 1.29 is 4.74 Å². The van der Waals surface area contributed by atoms with Crippen molar-refractivity contribution in [1.82, 2.24) is 5.32 Å². The van der Waals surface area contributed by atoms with E-state index in [-0.39, 0.29) is 0 Å². The molecule has 0 aliphatic carbocycles. The number of nitrogens with one attached hydrogen (secondary N) is 1. The minimum Gasteiger partial charge on any atom is -0.377 e. The van der Waals surface area contributed by atoms with E-state index in [2.05, 4.69) is 33.0 Å². The number of ether oxygens (including phenoxy) is 1. The monoisotopic (exact) mass is 243 g/mol. The van der Waals surface area contributed by atoms with Crippen LogP contribution in [0, 0.1) is 5.92 Å². The van der Waals surface area contributed by atoms with Crippen molar-refractivity contribution in [2.45, 2.75) is 78.4 Å². The van der Waals surface area contributed by atoms with Gasteiger partial charge in [-0.25, -0.2) is 0 Å². The standard InChI is InChI=1S/C15H33NO/c1-6-8-9-10-11-14(4)17-12-15(16-5)13(3)7-2/h13-16H,6-12H2,1-5H3. The Morgan fingerprint density at radius 3 is 2.29 bits per heavy atom. The third kappa shape index (κ3) is 8.62. The highest BCUT2D eigenvalue weighted by Gasteiger charge is 2.14. The van der Waals surface area contributed by atoms with E-state index >= 15 is 0 Å². The summed E-state index contributed by atoms with van der Waals surface area (Å²) in [6.07, 6.45) is 8.15. The van der Waals surface area contributed by atoms with Crippen LogP contribution in [0.25, 0.3) is 0 Å². The van der Waals surface area contributed by atoms with E-state index in [1.165, 1.54) is 38.5 Å². The largest absolute Gasteiger partial charge is 0.377 e. The molecule has 0 radical (unpaired) electrons. The molecule has 0 rings (SSSR count). The van der Waals surface area contributed by atoms with Gasteiger partial charge in [-0.2, -0.15) is 0 Å². The van der Waals surface area contributed by atoms with Crippen LogP contribution in [-0.4, -0.2) is 25.8 Å². The van der Waals surface area contributed by atoms with E-state index in [9.17, 15) is 0 Å². The first kappa shape index (κ1) is 16.9. The molecule has 3 unspecified atom stereocenters. The van der Waals surface area contributed by atoms with E-state index in [0.717, 1.165) is 6.61 Å². The first-order valence-electron chi connectivity index (χ1n) is 7.44. The van der Waals surface area contributed by atoms with Crippen LogP contribution in [0.3, 0.4) is 0 Å². The number of hydrogen-bond acceptors (Lipinski definition) is 2. The van der Waals surface area contributed by atoms with Crippen LogP contribution in [0.5, 0.6) is 0 Å². The summed E-state index contributed by atoms with van der Waals surface area (Å²) in [6, 6.07) is 0.498. The van der Waals surface area contributed by atoms with Crippen molar-refractivity contribution in [3.05, 3.63) is 0 Å². The maximum absolute atomic E-state index is 5.94. The molecular weight excluding hydrogens is 210 g/mol. The second-order valence-corrected chi connectivity index (χ2v) is 5.27. The fourth-order valence-electron chi connectivity index (χ4n) is 2.03. The zero-order valence-corrected chi connectivity index (χ0v) is 12.6. The molecule has 1 N–H and O–H groups in total. The van der Waals surface area contributed by atoms with Gasteiger partial charge in [0.1, 0.15) is 0 Å². The van der Waals surface area contributed by atoms with Gasteiger partial charge in [0.25, 0.3) is 0 Å². The minimum absolute atomic E-state index is 0.409. The SMILES string of the molecule is CCCCCCC(C)OCC(NC)C(C)CC. The van der Waals surface area contributed by atoms with Gasteiger partial charge in [-0.15, -0.1) is 0 Å². The van der Waals surface area contributed by atoms with Crippen molar-refractivity contribution in [3.8, 4) is 0 Å². The molecule has 2 nitrogen and oxygen atoms in total. The van der Waals surface area contributed by atoms with Gasteiger partial charge in [-0.3, -0.25) is 0 Å². The molecule has 0 saturated heterocycles. The van der Waals surface area contributed by atoms with E-state index in [1.54, 1.807) is 0 Å². The van der Waals surface area contributed by atoms with E-state index in [4.69, 9.17) is 4.74 Å². The molecular formula is C15H33NO. The molecule has 3 atom stereocenters.